The second-order valence-corrected chi connectivity index (χ2v) is 11.6. The van der Waals surface area contributed by atoms with Gasteiger partial charge in [-0.25, -0.2) is 4.68 Å². The van der Waals surface area contributed by atoms with Gasteiger partial charge in [-0.05, 0) is 71.7 Å². The fourth-order valence-electron chi connectivity index (χ4n) is 5.34. The van der Waals surface area contributed by atoms with Gasteiger partial charge in [0.2, 0.25) is 0 Å². The van der Waals surface area contributed by atoms with E-state index < -0.39 is 5.91 Å². The molecule has 0 radical (unpaired) electrons. The summed E-state index contributed by atoms with van der Waals surface area (Å²) < 4.78 is 7.22. The Balaban J connectivity index is 1.41. The molecule has 0 aliphatic carbocycles. The van der Waals surface area contributed by atoms with Crippen LogP contribution in [0.25, 0.3) is 11.3 Å². The Kier molecular flexibility index (Phi) is 7.34. The highest BCUT2D eigenvalue weighted by Crippen LogP contribution is 2.36. The van der Waals surface area contributed by atoms with Crippen molar-refractivity contribution in [3.8, 4) is 17.0 Å². The standard InChI is InChI=1S/C33H37N5O3/c1-19-8-7-9-26(41-6)27(19)32(40)35-18-23-11-10-22(16-20(23)2)29-28(30(34)39)31-36-25-13-12-24(33(3,4)5)17-21(25)14-15-38(31)37-29/h7-13,16-17,36H,14-15,18H2,1-6H3,(H2,34,39)(H,35,40). The van der Waals surface area contributed by atoms with Crippen molar-refractivity contribution in [2.45, 2.75) is 59.5 Å². The van der Waals surface area contributed by atoms with Crippen LogP contribution in [0, 0.1) is 13.8 Å². The van der Waals surface area contributed by atoms with Crippen molar-refractivity contribution >= 4 is 23.3 Å². The molecule has 0 spiro atoms. The molecule has 1 aliphatic heterocycles. The van der Waals surface area contributed by atoms with Gasteiger partial charge >= 0.3 is 0 Å². The summed E-state index contributed by atoms with van der Waals surface area (Å²) in [5, 5.41) is 11.3. The Labute approximate surface area is 240 Å². The lowest BCUT2D eigenvalue weighted by molar-refractivity contribution is 0.0946. The van der Waals surface area contributed by atoms with E-state index in [4.69, 9.17) is 15.6 Å². The third kappa shape index (κ3) is 5.42. The van der Waals surface area contributed by atoms with Crippen molar-refractivity contribution in [3.05, 3.63) is 93.5 Å². The predicted molar refractivity (Wildman–Crippen MR) is 162 cm³/mol. The van der Waals surface area contributed by atoms with Gasteiger partial charge in [-0.3, -0.25) is 9.59 Å². The van der Waals surface area contributed by atoms with E-state index in [0.717, 1.165) is 34.4 Å². The minimum atomic E-state index is -0.537. The monoisotopic (exact) mass is 551 g/mol. The number of nitrogens with zero attached hydrogens (tertiary/aromatic N) is 2. The first-order chi connectivity index (χ1) is 19.5. The summed E-state index contributed by atoms with van der Waals surface area (Å²) in [7, 11) is 1.56. The number of methoxy groups -OCH3 is 1. The van der Waals surface area contributed by atoms with Gasteiger partial charge in [0.25, 0.3) is 11.8 Å². The highest BCUT2D eigenvalue weighted by atomic mass is 16.5. The number of anilines is 2. The van der Waals surface area contributed by atoms with E-state index in [1.807, 2.05) is 48.9 Å². The molecule has 0 saturated heterocycles. The van der Waals surface area contributed by atoms with E-state index in [9.17, 15) is 9.59 Å². The number of nitrogens with one attached hydrogen (secondary N) is 2. The number of fused-ring (bicyclic) bond motifs is 2. The lowest BCUT2D eigenvalue weighted by Gasteiger charge is -2.21. The number of aromatic nitrogens is 2. The number of ether oxygens (including phenoxy) is 1. The Morgan fingerprint density at radius 1 is 1.05 bits per heavy atom. The van der Waals surface area contributed by atoms with E-state index in [-0.39, 0.29) is 11.3 Å². The number of hydrogen-bond acceptors (Lipinski definition) is 5. The van der Waals surface area contributed by atoms with Gasteiger partial charge in [-0.2, -0.15) is 5.10 Å². The van der Waals surface area contributed by atoms with Gasteiger partial charge < -0.3 is 21.1 Å². The van der Waals surface area contributed by atoms with Crippen LogP contribution in [0.2, 0.25) is 0 Å². The van der Waals surface area contributed by atoms with Crippen LogP contribution in [0.4, 0.5) is 11.5 Å². The molecule has 0 atom stereocenters. The normalized spacial score (nSPS) is 12.5. The summed E-state index contributed by atoms with van der Waals surface area (Å²) in [5.41, 5.74) is 14.4. The Morgan fingerprint density at radius 3 is 2.51 bits per heavy atom. The molecule has 0 unspecified atom stereocenters. The van der Waals surface area contributed by atoms with Crippen LogP contribution < -0.4 is 21.1 Å². The van der Waals surface area contributed by atoms with Crippen LogP contribution in [0.3, 0.4) is 0 Å². The van der Waals surface area contributed by atoms with Crippen LogP contribution in [-0.4, -0.2) is 28.7 Å². The summed E-state index contributed by atoms with van der Waals surface area (Å²) in [4.78, 5) is 25.7. The van der Waals surface area contributed by atoms with Gasteiger partial charge in [0, 0.05) is 24.3 Å². The zero-order valence-corrected chi connectivity index (χ0v) is 24.5. The number of carbonyl (C=O) groups excluding carboxylic acids is 2. The quantitative estimate of drug-likeness (QED) is 0.280. The topological polar surface area (TPSA) is 111 Å². The summed E-state index contributed by atoms with van der Waals surface area (Å²) in [6, 6.07) is 17.8. The number of aryl methyl sites for hydroxylation is 4. The molecular formula is C33H37N5O3. The first-order valence-electron chi connectivity index (χ1n) is 13.8. The van der Waals surface area contributed by atoms with Crippen molar-refractivity contribution in [2.75, 3.05) is 12.4 Å². The average molecular weight is 552 g/mol. The Bertz CT molecular complexity index is 1660. The Hall–Kier alpha value is -4.59. The second-order valence-electron chi connectivity index (χ2n) is 11.6. The first-order valence-corrected chi connectivity index (χ1v) is 13.8. The minimum absolute atomic E-state index is 0.0423. The van der Waals surface area contributed by atoms with Crippen molar-refractivity contribution in [1.29, 1.82) is 0 Å². The molecule has 0 fully saturated rings. The highest BCUT2D eigenvalue weighted by molar-refractivity contribution is 6.04. The molecule has 8 heteroatoms. The molecule has 1 aliphatic rings. The van der Waals surface area contributed by atoms with E-state index in [0.29, 0.717) is 41.5 Å². The number of rotatable bonds is 6. The first kappa shape index (κ1) is 28.0. The number of carbonyl (C=O) groups is 2. The Morgan fingerprint density at radius 2 is 1.83 bits per heavy atom. The number of nitrogens with two attached hydrogens (primary N) is 1. The maximum Gasteiger partial charge on any atom is 0.255 e. The highest BCUT2D eigenvalue weighted by Gasteiger charge is 2.27. The minimum Gasteiger partial charge on any atom is -0.496 e. The van der Waals surface area contributed by atoms with Crippen molar-refractivity contribution in [2.24, 2.45) is 5.73 Å². The molecule has 8 nitrogen and oxygen atoms in total. The van der Waals surface area contributed by atoms with Gasteiger partial charge in [-0.15, -0.1) is 0 Å². The van der Waals surface area contributed by atoms with E-state index in [1.54, 1.807) is 13.2 Å². The number of benzene rings is 3. The third-order valence-electron chi connectivity index (χ3n) is 7.75. The summed E-state index contributed by atoms with van der Waals surface area (Å²) in [6.45, 7) is 11.4. The smallest absolute Gasteiger partial charge is 0.255 e. The molecule has 2 amide bonds. The molecule has 4 aromatic rings. The van der Waals surface area contributed by atoms with Crippen molar-refractivity contribution in [1.82, 2.24) is 15.1 Å². The fraction of sp³-hybridized carbons (Fsp3) is 0.303. The van der Waals surface area contributed by atoms with Crippen molar-refractivity contribution < 1.29 is 14.3 Å². The molecule has 5 rings (SSSR count). The molecular weight excluding hydrogens is 514 g/mol. The molecule has 4 N–H and O–H groups in total. The zero-order chi connectivity index (χ0) is 29.5. The fourth-order valence-corrected chi connectivity index (χ4v) is 5.34. The van der Waals surface area contributed by atoms with Gasteiger partial charge in [0.05, 0.1) is 12.7 Å². The van der Waals surface area contributed by atoms with E-state index in [2.05, 4.69) is 49.6 Å². The van der Waals surface area contributed by atoms with Crippen LogP contribution in [0.15, 0.2) is 54.6 Å². The summed E-state index contributed by atoms with van der Waals surface area (Å²) in [5.74, 6) is 0.415. The SMILES string of the molecule is COc1cccc(C)c1C(=O)NCc1ccc(-c2nn3c(c2C(N)=O)Nc2ccc(C(C)(C)C)cc2CC3)cc1C. The summed E-state index contributed by atoms with van der Waals surface area (Å²) >= 11 is 0. The zero-order valence-electron chi connectivity index (χ0n) is 24.5. The van der Waals surface area contributed by atoms with Crippen LogP contribution >= 0.6 is 0 Å². The summed E-state index contributed by atoms with van der Waals surface area (Å²) in [6.07, 6.45) is 0.780. The van der Waals surface area contributed by atoms with Gasteiger partial charge in [-0.1, -0.05) is 57.2 Å². The maximum atomic E-state index is 13.0. The molecule has 0 bridgehead atoms. The van der Waals surface area contributed by atoms with E-state index in [1.165, 1.54) is 11.1 Å². The molecule has 1 aromatic heterocycles. The average Bonchev–Trinajstić information content (AvgIpc) is 3.19. The number of hydrogen-bond donors (Lipinski definition) is 3. The van der Waals surface area contributed by atoms with Crippen molar-refractivity contribution in [3.63, 3.8) is 0 Å². The van der Waals surface area contributed by atoms with Crippen LogP contribution in [-0.2, 0) is 24.9 Å². The third-order valence-corrected chi connectivity index (χ3v) is 7.75. The van der Waals surface area contributed by atoms with Gasteiger partial charge in [0.1, 0.15) is 22.8 Å². The largest absolute Gasteiger partial charge is 0.496 e. The number of amides is 2. The van der Waals surface area contributed by atoms with E-state index >= 15 is 0 Å². The molecule has 3 aromatic carbocycles. The number of primary amides is 1. The predicted octanol–water partition coefficient (Wildman–Crippen LogP) is 5.80. The molecule has 41 heavy (non-hydrogen) atoms. The van der Waals surface area contributed by atoms with Crippen LogP contribution in [0.1, 0.15) is 69.3 Å². The lowest BCUT2D eigenvalue weighted by atomic mass is 9.85. The maximum absolute atomic E-state index is 13.0. The second kappa shape index (κ2) is 10.8. The molecule has 0 saturated carbocycles. The lowest BCUT2D eigenvalue weighted by Crippen LogP contribution is -2.24. The molecule has 212 valence electrons. The van der Waals surface area contributed by atoms with Crippen LogP contribution in [0.5, 0.6) is 5.75 Å². The van der Waals surface area contributed by atoms with Gasteiger partial charge in [0.15, 0.2) is 0 Å². The molecule has 2 heterocycles.